The summed E-state index contributed by atoms with van der Waals surface area (Å²) in [4.78, 5) is 3.32. The van der Waals surface area contributed by atoms with Crippen molar-refractivity contribution in [2.45, 2.75) is 0 Å². The fraction of sp³-hybridized carbons (Fsp3) is 0. The lowest BCUT2D eigenvalue weighted by atomic mass is 10.0. The van der Waals surface area contributed by atoms with Crippen LogP contribution in [-0.4, -0.2) is 4.98 Å². The first-order valence-corrected chi connectivity index (χ1v) is 6.73. The maximum Gasteiger partial charge on any atom is 0.0544 e. The van der Waals surface area contributed by atoms with Crippen LogP contribution in [0.15, 0.2) is 48.7 Å². The normalized spacial score (nSPS) is 10.9. The molecule has 3 aromatic rings. The van der Waals surface area contributed by atoms with E-state index in [9.17, 15) is 0 Å². The lowest BCUT2D eigenvalue weighted by Gasteiger charge is -2.04. The van der Waals surface area contributed by atoms with Crippen molar-refractivity contribution in [2.75, 3.05) is 0 Å². The molecule has 0 spiro atoms. The van der Waals surface area contributed by atoms with Gasteiger partial charge in [0, 0.05) is 25.7 Å². The van der Waals surface area contributed by atoms with Crippen molar-refractivity contribution >= 4 is 45.1 Å². The summed E-state index contributed by atoms with van der Waals surface area (Å²) in [5.41, 5.74) is 3.49. The molecule has 1 aromatic heterocycles. The molecular weight excluding hydrogens is 345 g/mol. The van der Waals surface area contributed by atoms with E-state index in [2.05, 4.69) is 51.8 Å². The fourth-order valence-electron chi connectivity index (χ4n) is 2.02. The van der Waals surface area contributed by atoms with Gasteiger partial charge in [-0.05, 0) is 40.3 Å². The average Bonchev–Trinajstić information content (AvgIpc) is 2.71. The second-order valence-electron chi connectivity index (χ2n) is 3.88. The van der Waals surface area contributed by atoms with Crippen LogP contribution >= 0.6 is 34.2 Å². The van der Waals surface area contributed by atoms with Gasteiger partial charge in [-0.2, -0.15) is 0 Å². The summed E-state index contributed by atoms with van der Waals surface area (Å²) < 4.78 is 1.24. The van der Waals surface area contributed by atoms with Crippen molar-refractivity contribution in [3.8, 4) is 11.1 Å². The summed E-state index contributed by atoms with van der Waals surface area (Å²) in [6, 6.07) is 14.3. The molecule has 0 saturated heterocycles. The number of H-pyrrole nitrogens is 1. The van der Waals surface area contributed by atoms with Crippen LogP contribution in [0, 0.1) is 3.57 Å². The summed E-state index contributed by atoms with van der Waals surface area (Å²) in [6.07, 6.45) is 2.03. The van der Waals surface area contributed by atoms with Crippen LogP contribution in [0.2, 0.25) is 5.02 Å². The monoisotopic (exact) mass is 353 g/mol. The Bertz CT molecular complexity index is 688. The maximum absolute atomic E-state index is 6.04. The van der Waals surface area contributed by atoms with Gasteiger partial charge in [0.05, 0.1) is 5.52 Å². The molecule has 0 amide bonds. The van der Waals surface area contributed by atoms with Crippen LogP contribution in [0.5, 0.6) is 0 Å². The highest BCUT2D eigenvalue weighted by Gasteiger charge is 2.07. The minimum absolute atomic E-state index is 0.765. The zero-order chi connectivity index (χ0) is 11.8. The molecule has 0 atom stereocenters. The molecule has 0 aliphatic heterocycles. The van der Waals surface area contributed by atoms with Gasteiger partial charge in [0.2, 0.25) is 0 Å². The van der Waals surface area contributed by atoms with Crippen molar-refractivity contribution in [1.82, 2.24) is 4.98 Å². The molecule has 0 radical (unpaired) electrons. The van der Waals surface area contributed by atoms with Crippen LogP contribution < -0.4 is 0 Å². The highest BCUT2D eigenvalue weighted by molar-refractivity contribution is 14.1. The van der Waals surface area contributed by atoms with E-state index in [1.807, 2.05) is 24.4 Å². The Kier molecular flexibility index (Phi) is 2.84. The van der Waals surface area contributed by atoms with E-state index in [4.69, 9.17) is 11.6 Å². The van der Waals surface area contributed by atoms with Crippen LogP contribution in [0.25, 0.3) is 22.0 Å². The fourth-order valence-corrected chi connectivity index (χ4v) is 2.81. The third kappa shape index (κ3) is 1.96. The van der Waals surface area contributed by atoms with Gasteiger partial charge in [0.15, 0.2) is 0 Å². The second kappa shape index (κ2) is 4.35. The van der Waals surface area contributed by atoms with Crippen molar-refractivity contribution < 1.29 is 0 Å². The predicted octanol–water partition coefficient (Wildman–Crippen LogP) is 5.09. The van der Waals surface area contributed by atoms with Crippen molar-refractivity contribution in [3.63, 3.8) is 0 Å². The quantitative estimate of drug-likeness (QED) is 0.586. The number of aromatic nitrogens is 1. The van der Waals surface area contributed by atoms with Gasteiger partial charge in [-0.1, -0.05) is 41.9 Å². The van der Waals surface area contributed by atoms with Crippen LogP contribution in [-0.2, 0) is 0 Å². The number of nitrogens with one attached hydrogen (secondary N) is 1. The van der Waals surface area contributed by atoms with E-state index in [1.54, 1.807) is 0 Å². The third-order valence-electron chi connectivity index (χ3n) is 2.80. The second-order valence-corrected chi connectivity index (χ2v) is 5.47. The van der Waals surface area contributed by atoms with Crippen LogP contribution in [0.1, 0.15) is 0 Å². The highest BCUT2D eigenvalue weighted by Crippen LogP contribution is 2.31. The van der Waals surface area contributed by atoms with Gasteiger partial charge in [-0.25, -0.2) is 0 Å². The van der Waals surface area contributed by atoms with Crippen molar-refractivity contribution in [1.29, 1.82) is 0 Å². The number of aromatic amines is 1. The first-order valence-electron chi connectivity index (χ1n) is 5.27. The molecule has 3 rings (SSSR count). The summed E-state index contributed by atoms with van der Waals surface area (Å²) in [5.74, 6) is 0. The van der Waals surface area contributed by atoms with E-state index in [1.165, 1.54) is 20.0 Å². The van der Waals surface area contributed by atoms with Gasteiger partial charge < -0.3 is 4.98 Å². The van der Waals surface area contributed by atoms with E-state index < -0.39 is 0 Å². The van der Waals surface area contributed by atoms with Crippen LogP contribution in [0.3, 0.4) is 0 Å². The Labute approximate surface area is 118 Å². The maximum atomic E-state index is 6.04. The average molecular weight is 354 g/mol. The highest BCUT2D eigenvalue weighted by atomic mass is 127. The molecule has 0 saturated carbocycles. The lowest BCUT2D eigenvalue weighted by molar-refractivity contribution is 1.46. The number of benzene rings is 2. The Hall–Kier alpha value is -1.00. The Balaban J connectivity index is 2.30. The molecular formula is C14H9ClIN. The van der Waals surface area contributed by atoms with Crippen molar-refractivity contribution in [3.05, 3.63) is 57.3 Å². The zero-order valence-electron chi connectivity index (χ0n) is 8.87. The number of rotatable bonds is 1. The van der Waals surface area contributed by atoms with E-state index in [0.29, 0.717) is 0 Å². The van der Waals surface area contributed by atoms with Crippen molar-refractivity contribution in [2.24, 2.45) is 0 Å². The molecule has 0 unspecified atom stereocenters. The van der Waals surface area contributed by atoms with Gasteiger partial charge in [0.25, 0.3) is 0 Å². The lowest BCUT2D eigenvalue weighted by Crippen LogP contribution is -1.80. The molecule has 0 aliphatic carbocycles. The van der Waals surface area contributed by atoms with Gasteiger partial charge >= 0.3 is 0 Å². The van der Waals surface area contributed by atoms with Gasteiger partial charge in [0.1, 0.15) is 0 Å². The topological polar surface area (TPSA) is 15.8 Å². The van der Waals surface area contributed by atoms with E-state index >= 15 is 0 Å². The summed E-state index contributed by atoms with van der Waals surface area (Å²) in [6.45, 7) is 0. The predicted molar refractivity (Wildman–Crippen MR) is 81.5 cm³/mol. The number of hydrogen-bond acceptors (Lipinski definition) is 0. The molecule has 3 heteroatoms. The number of fused-ring (bicyclic) bond motifs is 1. The van der Waals surface area contributed by atoms with E-state index in [0.717, 1.165) is 10.6 Å². The minimum atomic E-state index is 0.765. The molecule has 2 aromatic carbocycles. The summed E-state index contributed by atoms with van der Waals surface area (Å²) in [7, 11) is 0. The standard InChI is InChI=1S/C14H9ClIN/c15-10-4-1-3-9(7-10)11-5-2-6-12-13(16)8-17-14(11)12/h1-8,17H. The third-order valence-corrected chi connectivity index (χ3v) is 3.93. The molecule has 1 heterocycles. The smallest absolute Gasteiger partial charge is 0.0544 e. The Morgan fingerprint density at radius 1 is 1.06 bits per heavy atom. The molecule has 1 N–H and O–H groups in total. The van der Waals surface area contributed by atoms with E-state index in [-0.39, 0.29) is 0 Å². The molecule has 0 bridgehead atoms. The number of hydrogen-bond donors (Lipinski definition) is 1. The molecule has 17 heavy (non-hydrogen) atoms. The Morgan fingerprint density at radius 2 is 1.88 bits per heavy atom. The number of para-hydroxylation sites is 1. The largest absolute Gasteiger partial charge is 0.360 e. The molecule has 84 valence electrons. The summed E-state index contributed by atoms with van der Waals surface area (Å²) >= 11 is 8.38. The first kappa shape index (κ1) is 11.1. The molecule has 0 aliphatic rings. The minimum Gasteiger partial charge on any atom is -0.360 e. The number of halogens is 2. The SMILES string of the molecule is Clc1cccc(-c2cccc3c(I)c[nH]c23)c1. The van der Waals surface area contributed by atoms with Gasteiger partial charge in [-0.15, -0.1) is 0 Å². The first-order chi connectivity index (χ1) is 8.25. The zero-order valence-corrected chi connectivity index (χ0v) is 11.8. The molecule has 1 nitrogen and oxygen atoms in total. The Morgan fingerprint density at radius 3 is 2.71 bits per heavy atom. The van der Waals surface area contributed by atoms with Gasteiger partial charge in [-0.3, -0.25) is 0 Å². The summed E-state index contributed by atoms with van der Waals surface area (Å²) in [5, 5.41) is 2.02. The molecule has 0 fully saturated rings. The van der Waals surface area contributed by atoms with Crippen LogP contribution in [0.4, 0.5) is 0 Å².